The van der Waals surface area contributed by atoms with Crippen molar-refractivity contribution in [2.24, 2.45) is 0 Å². The fourth-order valence-electron chi connectivity index (χ4n) is 2.84. The lowest BCUT2D eigenvalue weighted by Gasteiger charge is -2.26. The number of morpholine rings is 1. The molecule has 2 aromatic rings. The minimum absolute atomic E-state index is 0.133. The molecule has 1 aliphatic heterocycles. The predicted molar refractivity (Wildman–Crippen MR) is 113 cm³/mol. The number of hydrogen-bond donors (Lipinski definition) is 0. The van der Waals surface area contributed by atoms with E-state index in [4.69, 9.17) is 14.2 Å². The van der Waals surface area contributed by atoms with Crippen LogP contribution in [-0.2, 0) is 24.3 Å². The summed E-state index contributed by atoms with van der Waals surface area (Å²) in [6, 6.07) is 14.0. The van der Waals surface area contributed by atoms with Gasteiger partial charge < -0.3 is 14.2 Å². The van der Waals surface area contributed by atoms with Gasteiger partial charge in [-0.3, -0.25) is 0 Å². The Balaban J connectivity index is 1.46. The standard InChI is InChI=1S/C22H25NO6S/c1-18-2-7-20(8-3-18)28-16-17-29-22(24)11-6-19-4-9-21(10-5-19)30(25,26)23-12-14-27-15-13-23/h2-11H,12-17H2,1H3. The summed E-state index contributed by atoms with van der Waals surface area (Å²) in [4.78, 5) is 12.0. The third-order valence-corrected chi connectivity index (χ3v) is 6.43. The van der Waals surface area contributed by atoms with Crippen LogP contribution in [0.4, 0.5) is 0 Å². The molecule has 0 saturated carbocycles. The minimum atomic E-state index is -3.53. The van der Waals surface area contributed by atoms with Crippen LogP contribution in [0.25, 0.3) is 6.08 Å². The predicted octanol–water partition coefficient (Wildman–Crippen LogP) is 2.65. The third kappa shape index (κ3) is 6.16. The Morgan fingerprint density at radius 2 is 1.70 bits per heavy atom. The van der Waals surface area contributed by atoms with Gasteiger partial charge in [-0.2, -0.15) is 4.31 Å². The number of hydrogen-bond acceptors (Lipinski definition) is 6. The lowest BCUT2D eigenvalue weighted by molar-refractivity contribution is -0.138. The Labute approximate surface area is 176 Å². The SMILES string of the molecule is Cc1ccc(OCCOC(=O)C=Cc2ccc(S(=O)(=O)N3CCOCC3)cc2)cc1. The number of benzene rings is 2. The van der Waals surface area contributed by atoms with Gasteiger partial charge in [0.25, 0.3) is 0 Å². The number of carbonyl (C=O) groups is 1. The van der Waals surface area contributed by atoms with Crippen molar-refractivity contribution in [1.82, 2.24) is 4.31 Å². The van der Waals surface area contributed by atoms with Crippen molar-refractivity contribution in [3.05, 3.63) is 65.7 Å². The van der Waals surface area contributed by atoms with Crippen LogP contribution in [0, 0.1) is 6.92 Å². The van der Waals surface area contributed by atoms with E-state index in [1.165, 1.54) is 22.5 Å². The number of nitrogens with zero attached hydrogens (tertiary/aromatic N) is 1. The van der Waals surface area contributed by atoms with Crippen LogP contribution < -0.4 is 4.74 Å². The van der Waals surface area contributed by atoms with Crippen molar-refractivity contribution in [1.29, 1.82) is 0 Å². The third-order valence-electron chi connectivity index (χ3n) is 4.52. The zero-order valence-electron chi connectivity index (χ0n) is 16.8. The molecular formula is C22H25NO6S. The molecule has 1 heterocycles. The molecule has 30 heavy (non-hydrogen) atoms. The first-order chi connectivity index (χ1) is 14.4. The summed E-state index contributed by atoms with van der Waals surface area (Å²) in [5.41, 5.74) is 1.84. The van der Waals surface area contributed by atoms with E-state index >= 15 is 0 Å². The molecule has 1 saturated heterocycles. The second-order valence-corrected chi connectivity index (χ2v) is 8.69. The Morgan fingerprint density at radius 1 is 1.03 bits per heavy atom. The lowest BCUT2D eigenvalue weighted by atomic mass is 10.2. The molecule has 0 radical (unpaired) electrons. The fraction of sp³-hybridized carbons (Fsp3) is 0.318. The van der Waals surface area contributed by atoms with Gasteiger partial charge in [-0.1, -0.05) is 29.8 Å². The normalized spacial score (nSPS) is 15.2. The monoisotopic (exact) mass is 431 g/mol. The first-order valence-electron chi connectivity index (χ1n) is 9.67. The van der Waals surface area contributed by atoms with Crippen molar-refractivity contribution in [2.75, 3.05) is 39.5 Å². The molecule has 1 aliphatic rings. The van der Waals surface area contributed by atoms with Crippen molar-refractivity contribution in [3.63, 3.8) is 0 Å². The smallest absolute Gasteiger partial charge is 0.330 e. The van der Waals surface area contributed by atoms with E-state index in [0.717, 1.165) is 11.3 Å². The summed E-state index contributed by atoms with van der Waals surface area (Å²) in [6.07, 6.45) is 2.88. The number of esters is 1. The van der Waals surface area contributed by atoms with Gasteiger partial charge in [-0.25, -0.2) is 13.2 Å². The lowest BCUT2D eigenvalue weighted by Crippen LogP contribution is -2.40. The summed E-state index contributed by atoms with van der Waals surface area (Å²) in [7, 11) is -3.53. The summed E-state index contributed by atoms with van der Waals surface area (Å²) in [5, 5.41) is 0. The van der Waals surface area contributed by atoms with Gasteiger partial charge in [0.2, 0.25) is 10.0 Å². The van der Waals surface area contributed by atoms with E-state index in [1.54, 1.807) is 18.2 Å². The molecular weight excluding hydrogens is 406 g/mol. The van der Waals surface area contributed by atoms with Gasteiger partial charge in [0.15, 0.2) is 0 Å². The van der Waals surface area contributed by atoms with Crippen LogP contribution >= 0.6 is 0 Å². The largest absolute Gasteiger partial charge is 0.490 e. The van der Waals surface area contributed by atoms with E-state index in [2.05, 4.69) is 0 Å². The maximum atomic E-state index is 12.6. The van der Waals surface area contributed by atoms with Gasteiger partial charge in [-0.15, -0.1) is 0 Å². The van der Waals surface area contributed by atoms with E-state index in [0.29, 0.717) is 31.9 Å². The number of rotatable bonds is 8. The van der Waals surface area contributed by atoms with Gasteiger partial charge in [-0.05, 0) is 42.8 Å². The Hall–Kier alpha value is -2.68. The second kappa shape index (κ2) is 10.4. The van der Waals surface area contributed by atoms with Crippen LogP contribution in [0.3, 0.4) is 0 Å². The molecule has 160 valence electrons. The van der Waals surface area contributed by atoms with Crippen LogP contribution in [0.1, 0.15) is 11.1 Å². The number of aryl methyl sites for hydroxylation is 1. The zero-order valence-corrected chi connectivity index (χ0v) is 17.6. The molecule has 3 rings (SSSR count). The average molecular weight is 432 g/mol. The molecule has 0 N–H and O–H groups in total. The zero-order chi connectivity index (χ0) is 21.4. The number of carbonyl (C=O) groups excluding carboxylic acids is 1. The van der Waals surface area contributed by atoms with Crippen LogP contribution in [0.5, 0.6) is 5.75 Å². The number of ether oxygens (including phenoxy) is 3. The van der Waals surface area contributed by atoms with E-state index in [1.807, 2.05) is 31.2 Å². The van der Waals surface area contributed by atoms with Crippen LogP contribution in [0.2, 0.25) is 0 Å². The molecule has 8 heteroatoms. The molecule has 2 aromatic carbocycles. The van der Waals surface area contributed by atoms with Crippen molar-refractivity contribution in [3.8, 4) is 5.75 Å². The first kappa shape index (κ1) is 22.0. The number of sulfonamides is 1. The molecule has 0 spiro atoms. The highest BCUT2D eigenvalue weighted by atomic mass is 32.2. The summed E-state index contributed by atoms with van der Waals surface area (Å²) in [5.74, 6) is 0.229. The molecule has 0 amide bonds. The Bertz CT molecular complexity index is 962. The second-order valence-electron chi connectivity index (χ2n) is 6.75. The molecule has 0 aliphatic carbocycles. The summed E-state index contributed by atoms with van der Waals surface area (Å²) >= 11 is 0. The van der Waals surface area contributed by atoms with E-state index in [-0.39, 0.29) is 18.1 Å². The molecule has 0 unspecified atom stereocenters. The maximum Gasteiger partial charge on any atom is 0.330 e. The van der Waals surface area contributed by atoms with Crippen LogP contribution in [0.15, 0.2) is 59.5 Å². The van der Waals surface area contributed by atoms with Crippen molar-refractivity contribution < 1.29 is 27.4 Å². The quantitative estimate of drug-likeness (QED) is 0.363. The fourth-order valence-corrected chi connectivity index (χ4v) is 4.24. The van der Waals surface area contributed by atoms with Crippen molar-refractivity contribution in [2.45, 2.75) is 11.8 Å². The Kier molecular flexibility index (Phi) is 7.62. The van der Waals surface area contributed by atoms with Crippen molar-refractivity contribution >= 4 is 22.1 Å². The van der Waals surface area contributed by atoms with Gasteiger partial charge >= 0.3 is 5.97 Å². The molecule has 1 fully saturated rings. The first-order valence-corrected chi connectivity index (χ1v) is 11.1. The average Bonchev–Trinajstić information content (AvgIpc) is 2.77. The molecule has 0 atom stereocenters. The van der Waals surface area contributed by atoms with Gasteiger partial charge in [0.05, 0.1) is 18.1 Å². The Morgan fingerprint density at radius 3 is 2.37 bits per heavy atom. The molecule has 0 bridgehead atoms. The molecule has 7 nitrogen and oxygen atoms in total. The summed E-state index contributed by atoms with van der Waals surface area (Å²) < 4.78 is 42.4. The van der Waals surface area contributed by atoms with E-state index < -0.39 is 16.0 Å². The highest BCUT2D eigenvalue weighted by Crippen LogP contribution is 2.18. The molecule has 0 aromatic heterocycles. The minimum Gasteiger partial charge on any atom is -0.490 e. The van der Waals surface area contributed by atoms with Crippen LogP contribution in [-0.4, -0.2) is 58.2 Å². The maximum absolute atomic E-state index is 12.6. The van der Waals surface area contributed by atoms with Gasteiger partial charge in [0.1, 0.15) is 19.0 Å². The summed E-state index contributed by atoms with van der Waals surface area (Å²) in [6.45, 7) is 3.89. The topological polar surface area (TPSA) is 82.1 Å². The van der Waals surface area contributed by atoms with Gasteiger partial charge in [0, 0.05) is 19.2 Å². The highest BCUT2D eigenvalue weighted by molar-refractivity contribution is 7.89. The highest BCUT2D eigenvalue weighted by Gasteiger charge is 2.25. The van der Waals surface area contributed by atoms with E-state index in [9.17, 15) is 13.2 Å².